The number of esters is 1. The van der Waals surface area contributed by atoms with E-state index in [2.05, 4.69) is 6.58 Å². The van der Waals surface area contributed by atoms with Crippen LogP contribution in [0.4, 0.5) is 0 Å². The summed E-state index contributed by atoms with van der Waals surface area (Å²) >= 11 is 0. The highest BCUT2D eigenvalue weighted by molar-refractivity contribution is 5.75. The van der Waals surface area contributed by atoms with Crippen LogP contribution in [0.15, 0.2) is 12.2 Å². The van der Waals surface area contributed by atoms with E-state index < -0.39 is 12.0 Å². The van der Waals surface area contributed by atoms with E-state index >= 15 is 0 Å². The van der Waals surface area contributed by atoms with Crippen molar-refractivity contribution < 1.29 is 19.7 Å². The molecular formula is C10H14O4. The van der Waals surface area contributed by atoms with Crippen molar-refractivity contribution in [3.63, 3.8) is 0 Å². The van der Waals surface area contributed by atoms with Crippen molar-refractivity contribution >= 4 is 5.97 Å². The summed E-state index contributed by atoms with van der Waals surface area (Å²) in [5.41, 5.74) is 0.851. The lowest BCUT2D eigenvalue weighted by Crippen LogP contribution is -2.36. The number of fused-ring (bicyclic) bond motifs is 1. The molecule has 0 aromatic carbocycles. The first-order chi connectivity index (χ1) is 6.65. The molecule has 4 heteroatoms. The Morgan fingerprint density at radius 3 is 2.93 bits per heavy atom. The van der Waals surface area contributed by atoms with E-state index in [-0.39, 0.29) is 31.0 Å². The maximum Gasteiger partial charge on any atom is 0.310 e. The first-order valence-electron chi connectivity index (χ1n) is 4.78. The molecular weight excluding hydrogens is 184 g/mol. The zero-order valence-electron chi connectivity index (χ0n) is 7.85. The van der Waals surface area contributed by atoms with Gasteiger partial charge in [-0.2, -0.15) is 0 Å². The third-order valence-electron chi connectivity index (χ3n) is 3.29. The molecule has 1 heterocycles. The first-order valence-corrected chi connectivity index (χ1v) is 4.78. The van der Waals surface area contributed by atoms with Crippen molar-refractivity contribution in [2.45, 2.75) is 12.5 Å². The topological polar surface area (TPSA) is 66.8 Å². The third-order valence-corrected chi connectivity index (χ3v) is 3.29. The number of hydrogen-bond donors (Lipinski definition) is 2. The Morgan fingerprint density at radius 2 is 2.29 bits per heavy atom. The monoisotopic (exact) mass is 198 g/mol. The van der Waals surface area contributed by atoms with Crippen LogP contribution in [0.5, 0.6) is 0 Å². The second kappa shape index (κ2) is 3.37. The normalized spacial score (nSPS) is 42.1. The second-order valence-electron chi connectivity index (χ2n) is 4.05. The number of aliphatic hydroxyl groups is 2. The van der Waals surface area contributed by atoms with E-state index in [1.165, 1.54) is 0 Å². The quantitative estimate of drug-likeness (QED) is 0.448. The van der Waals surface area contributed by atoms with E-state index in [0.717, 1.165) is 5.57 Å². The van der Waals surface area contributed by atoms with Crippen LogP contribution in [-0.4, -0.2) is 35.5 Å². The van der Waals surface area contributed by atoms with Gasteiger partial charge in [0, 0.05) is 12.5 Å². The number of carbonyl (C=O) groups is 1. The van der Waals surface area contributed by atoms with Crippen molar-refractivity contribution in [3.05, 3.63) is 12.2 Å². The van der Waals surface area contributed by atoms with Crippen molar-refractivity contribution in [3.8, 4) is 0 Å². The molecule has 0 unspecified atom stereocenters. The minimum atomic E-state index is -0.614. The molecule has 2 rings (SSSR count). The van der Waals surface area contributed by atoms with Crippen LogP contribution in [0.25, 0.3) is 0 Å². The average Bonchev–Trinajstić information content (AvgIpc) is 2.50. The summed E-state index contributed by atoms with van der Waals surface area (Å²) in [6, 6.07) is 0. The molecule has 4 atom stereocenters. The lowest BCUT2D eigenvalue weighted by molar-refractivity contribution is -0.154. The van der Waals surface area contributed by atoms with Crippen LogP contribution in [0.3, 0.4) is 0 Å². The molecule has 0 aromatic heterocycles. The Kier molecular flexibility index (Phi) is 2.33. The van der Waals surface area contributed by atoms with Gasteiger partial charge in [0.2, 0.25) is 0 Å². The largest absolute Gasteiger partial charge is 0.461 e. The smallest absolute Gasteiger partial charge is 0.310 e. The van der Waals surface area contributed by atoms with Crippen LogP contribution in [0, 0.1) is 17.8 Å². The molecule has 1 aliphatic carbocycles. The van der Waals surface area contributed by atoms with Crippen molar-refractivity contribution in [2.24, 2.45) is 17.8 Å². The van der Waals surface area contributed by atoms with Gasteiger partial charge in [-0.1, -0.05) is 6.58 Å². The summed E-state index contributed by atoms with van der Waals surface area (Å²) in [7, 11) is 0. The van der Waals surface area contributed by atoms with Gasteiger partial charge < -0.3 is 14.9 Å². The first kappa shape index (κ1) is 9.68. The summed E-state index contributed by atoms with van der Waals surface area (Å²) in [6.07, 6.45) is -0.0958. The lowest BCUT2D eigenvalue weighted by atomic mass is 9.84. The number of carbonyl (C=O) groups excluding carboxylic acids is 1. The molecule has 0 radical (unpaired) electrons. The molecule has 14 heavy (non-hydrogen) atoms. The summed E-state index contributed by atoms with van der Waals surface area (Å²) in [6.45, 7) is 3.90. The van der Waals surface area contributed by atoms with Gasteiger partial charge in [-0.15, -0.1) is 0 Å². The summed E-state index contributed by atoms with van der Waals surface area (Å²) in [5.74, 6) is -1.10. The van der Waals surface area contributed by atoms with Gasteiger partial charge >= 0.3 is 5.97 Å². The van der Waals surface area contributed by atoms with Crippen LogP contribution in [0.1, 0.15) is 6.42 Å². The molecule has 1 saturated carbocycles. The fourth-order valence-electron chi connectivity index (χ4n) is 2.48. The number of rotatable bonds is 1. The average molecular weight is 198 g/mol. The zero-order valence-corrected chi connectivity index (χ0v) is 7.85. The summed E-state index contributed by atoms with van der Waals surface area (Å²) < 4.78 is 4.92. The van der Waals surface area contributed by atoms with Crippen molar-refractivity contribution in [1.29, 1.82) is 0 Å². The molecule has 2 fully saturated rings. The van der Waals surface area contributed by atoms with Gasteiger partial charge in [-0.3, -0.25) is 4.79 Å². The van der Waals surface area contributed by atoms with Crippen molar-refractivity contribution in [1.82, 2.24) is 0 Å². The number of ether oxygens (including phenoxy) is 1. The van der Waals surface area contributed by atoms with Gasteiger partial charge in [-0.25, -0.2) is 0 Å². The lowest BCUT2D eigenvalue weighted by Gasteiger charge is -2.28. The van der Waals surface area contributed by atoms with E-state index in [1.807, 2.05) is 0 Å². The Balaban J connectivity index is 2.26. The highest BCUT2D eigenvalue weighted by atomic mass is 16.5. The maximum atomic E-state index is 11.5. The van der Waals surface area contributed by atoms with Gasteiger partial charge in [-0.05, 0) is 17.9 Å². The Labute approximate surface area is 82.2 Å². The van der Waals surface area contributed by atoms with Gasteiger partial charge in [0.1, 0.15) is 6.61 Å². The number of cyclic esters (lactones) is 1. The molecule has 78 valence electrons. The maximum absolute atomic E-state index is 11.5. The second-order valence-corrected chi connectivity index (χ2v) is 4.05. The predicted molar refractivity (Wildman–Crippen MR) is 48.3 cm³/mol. The molecule has 0 spiro atoms. The van der Waals surface area contributed by atoms with Gasteiger partial charge in [0.05, 0.1) is 12.0 Å². The van der Waals surface area contributed by atoms with Crippen LogP contribution >= 0.6 is 0 Å². The van der Waals surface area contributed by atoms with E-state index in [4.69, 9.17) is 9.84 Å². The highest BCUT2D eigenvalue weighted by Gasteiger charge is 2.50. The minimum absolute atomic E-state index is 0.0107. The third kappa shape index (κ3) is 1.26. The molecule has 0 amide bonds. The molecule has 2 N–H and O–H groups in total. The predicted octanol–water partition coefficient (Wildman–Crippen LogP) is -0.295. The van der Waals surface area contributed by atoms with E-state index in [0.29, 0.717) is 6.42 Å². The standard InChI is InChI=1S/C10H14O4/c1-5-4-14-10(13)9-6(5)2-8(12)7(9)3-11/h6-9,11-12H,1-4H2/t6-,7+,8+,9+/m1/s1. The zero-order chi connectivity index (χ0) is 10.3. The van der Waals surface area contributed by atoms with Gasteiger partial charge in [0.25, 0.3) is 0 Å². The van der Waals surface area contributed by atoms with E-state index in [1.54, 1.807) is 0 Å². The SMILES string of the molecule is C=C1COC(=O)[C@@H]2[C@@H](CO)[C@@H](O)C[C@H]12. The molecule has 1 aliphatic heterocycles. The van der Waals surface area contributed by atoms with E-state index in [9.17, 15) is 9.90 Å². The Bertz CT molecular complexity index is 273. The van der Waals surface area contributed by atoms with Crippen molar-refractivity contribution in [2.75, 3.05) is 13.2 Å². The van der Waals surface area contributed by atoms with Crippen LogP contribution in [0.2, 0.25) is 0 Å². The summed E-state index contributed by atoms with van der Waals surface area (Å²) in [4.78, 5) is 11.5. The number of hydrogen-bond acceptors (Lipinski definition) is 4. The fraction of sp³-hybridized carbons (Fsp3) is 0.700. The van der Waals surface area contributed by atoms with Gasteiger partial charge in [0.15, 0.2) is 0 Å². The minimum Gasteiger partial charge on any atom is -0.461 e. The number of aliphatic hydroxyl groups excluding tert-OH is 2. The Hall–Kier alpha value is -0.870. The van der Waals surface area contributed by atoms with Crippen LogP contribution in [-0.2, 0) is 9.53 Å². The van der Waals surface area contributed by atoms with Crippen LogP contribution < -0.4 is 0 Å². The molecule has 2 aliphatic rings. The molecule has 0 aromatic rings. The Morgan fingerprint density at radius 1 is 1.57 bits per heavy atom. The summed E-state index contributed by atoms with van der Waals surface area (Å²) in [5, 5.41) is 18.7. The molecule has 1 saturated heterocycles. The molecule has 4 nitrogen and oxygen atoms in total. The highest BCUT2D eigenvalue weighted by Crippen LogP contribution is 2.43. The fourth-order valence-corrected chi connectivity index (χ4v) is 2.48. The molecule has 0 bridgehead atoms.